The Morgan fingerprint density at radius 2 is 1.67 bits per heavy atom. The van der Waals surface area contributed by atoms with Crippen LogP contribution in [-0.4, -0.2) is 45.6 Å². The number of rotatable bonds is 8. The summed E-state index contributed by atoms with van der Waals surface area (Å²) >= 11 is 1.45. The summed E-state index contributed by atoms with van der Waals surface area (Å²) in [6, 6.07) is 20.0. The minimum Gasteiger partial charge on any atom is -0.481 e. The van der Waals surface area contributed by atoms with Gasteiger partial charge in [-0.2, -0.15) is 0 Å². The molecule has 2 aromatic carbocycles. The Balaban J connectivity index is 0.00000132. The van der Waals surface area contributed by atoms with E-state index in [0.29, 0.717) is 36.0 Å². The number of fused-ring (bicyclic) bond motifs is 1. The average Bonchev–Trinajstić information content (AvgIpc) is 3.48. The lowest BCUT2D eigenvalue weighted by molar-refractivity contribution is 0.0341. The fourth-order valence-corrected chi connectivity index (χ4v) is 5.52. The highest BCUT2D eigenvalue weighted by molar-refractivity contribution is 7.15. The fraction of sp³-hybridized carbons (Fsp3) is 0.303. The molecule has 5 aromatic rings. The molecule has 0 atom stereocenters. The molecule has 6 rings (SSSR count). The van der Waals surface area contributed by atoms with Crippen LogP contribution in [0.4, 0.5) is 4.39 Å². The van der Waals surface area contributed by atoms with Crippen LogP contribution in [0.2, 0.25) is 0 Å². The SMILES string of the molecule is C.CC.O=c1c(OCc2ccccc2)c(-c2ncc(Cc3ccc(F)cc3)s2)nc2ccc(CN3CCOCC3)cn12. The number of thiazole rings is 1. The molecule has 1 fully saturated rings. The van der Waals surface area contributed by atoms with E-state index in [4.69, 9.17) is 14.5 Å². The van der Waals surface area contributed by atoms with Gasteiger partial charge in [0.25, 0.3) is 0 Å². The average molecular weight is 589 g/mol. The van der Waals surface area contributed by atoms with E-state index in [2.05, 4.69) is 9.88 Å². The zero-order valence-corrected chi connectivity index (χ0v) is 24.1. The van der Waals surface area contributed by atoms with E-state index in [1.54, 1.807) is 22.7 Å². The second-order valence-electron chi connectivity index (χ2n) is 9.46. The smallest absolute Gasteiger partial charge is 0.301 e. The second kappa shape index (κ2) is 14.8. The molecule has 0 saturated carbocycles. The normalized spacial score (nSPS) is 13.2. The minimum atomic E-state index is -0.273. The molecule has 0 amide bonds. The van der Waals surface area contributed by atoms with Crippen LogP contribution < -0.4 is 10.3 Å². The van der Waals surface area contributed by atoms with E-state index in [1.807, 2.05) is 62.5 Å². The Bertz CT molecular complexity index is 1630. The van der Waals surface area contributed by atoms with Crippen LogP contribution in [0.1, 0.15) is 42.8 Å². The summed E-state index contributed by atoms with van der Waals surface area (Å²) in [5.41, 5.74) is 3.63. The van der Waals surface area contributed by atoms with Crippen molar-refractivity contribution in [1.29, 1.82) is 0 Å². The maximum Gasteiger partial charge on any atom is 0.301 e. The summed E-state index contributed by atoms with van der Waals surface area (Å²) < 4.78 is 26.5. The number of hydrogen-bond donors (Lipinski definition) is 0. The van der Waals surface area contributed by atoms with Gasteiger partial charge in [-0.05, 0) is 34.9 Å². The van der Waals surface area contributed by atoms with Gasteiger partial charge in [0.05, 0.1) is 13.2 Å². The number of hydrogen-bond acceptors (Lipinski definition) is 7. The molecule has 0 bridgehead atoms. The Hall–Kier alpha value is -3.92. The molecule has 0 unspecified atom stereocenters. The van der Waals surface area contributed by atoms with Crippen LogP contribution in [0.25, 0.3) is 16.3 Å². The van der Waals surface area contributed by atoms with Gasteiger partial charge in [-0.3, -0.25) is 14.1 Å². The van der Waals surface area contributed by atoms with E-state index >= 15 is 0 Å². The van der Waals surface area contributed by atoms with Gasteiger partial charge in [-0.1, -0.05) is 69.8 Å². The first-order valence-corrected chi connectivity index (χ1v) is 14.7. The van der Waals surface area contributed by atoms with Gasteiger partial charge < -0.3 is 9.47 Å². The highest BCUT2D eigenvalue weighted by Gasteiger charge is 2.20. The third-order valence-electron chi connectivity index (χ3n) is 6.63. The number of halogens is 1. The molecule has 42 heavy (non-hydrogen) atoms. The fourth-order valence-electron chi connectivity index (χ4n) is 4.58. The second-order valence-corrected chi connectivity index (χ2v) is 10.6. The molecular formula is C33H37FN4O3S. The van der Waals surface area contributed by atoms with Gasteiger partial charge in [0.1, 0.15) is 28.8 Å². The van der Waals surface area contributed by atoms with Crippen molar-refractivity contribution in [1.82, 2.24) is 19.3 Å². The van der Waals surface area contributed by atoms with Gasteiger partial charge in [0.15, 0.2) is 0 Å². The topological polar surface area (TPSA) is 69.0 Å². The maximum atomic E-state index is 13.8. The summed E-state index contributed by atoms with van der Waals surface area (Å²) in [6.45, 7) is 8.12. The first kappa shape index (κ1) is 31.0. The van der Waals surface area contributed by atoms with Gasteiger partial charge in [0, 0.05) is 43.3 Å². The van der Waals surface area contributed by atoms with Crippen molar-refractivity contribution in [2.24, 2.45) is 0 Å². The molecule has 7 nitrogen and oxygen atoms in total. The van der Waals surface area contributed by atoms with Crippen LogP contribution in [0.15, 0.2) is 83.9 Å². The van der Waals surface area contributed by atoms with Crippen LogP contribution in [0.5, 0.6) is 5.75 Å². The van der Waals surface area contributed by atoms with Crippen molar-refractivity contribution < 1.29 is 13.9 Å². The molecule has 0 spiro atoms. The van der Waals surface area contributed by atoms with Crippen LogP contribution in [-0.2, 0) is 24.3 Å². The molecule has 9 heteroatoms. The number of benzene rings is 2. The van der Waals surface area contributed by atoms with Gasteiger partial charge in [-0.25, -0.2) is 14.4 Å². The number of nitrogens with zero attached hydrogens (tertiary/aromatic N) is 4. The maximum absolute atomic E-state index is 13.8. The molecule has 3 aromatic heterocycles. The monoisotopic (exact) mass is 588 g/mol. The van der Waals surface area contributed by atoms with Crippen molar-refractivity contribution in [2.75, 3.05) is 26.3 Å². The van der Waals surface area contributed by atoms with Crippen LogP contribution in [0.3, 0.4) is 0 Å². The molecule has 0 radical (unpaired) electrons. The van der Waals surface area contributed by atoms with E-state index in [-0.39, 0.29) is 31.2 Å². The largest absolute Gasteiger partial charge is 0.481 e. The summed E-state index contributed by atoms with van der Waals surface area (Å²) in [4.78, 5) is 26.5. The molecule has 220 valence electrons. The van der Waals surface area contributed by atoms with E-state index < -0.39 is 0 Å². The molecule has 0 N–H and O–H groups in total. The van der Waals surface area contributed by atoms with Crippen LogP contribution >= 0.6 is 11.3 Å². The standard InChI is InChI=1S/C30H27FN4O3S.C2H6.CH4/c31-24-9-6-21(7-10-24)16-25-17-32-29(39-25)27-28(38-20-22-4-2-1-3-5-22)30(36)35-19-23(8-11-26(35)33-27)18-34-12-14-37-15-13-34;1-2;/h1-11,17,19H,12-16,18,20H2;1-2H3;1H4. The quantitative estimate of drug-likeness (QED) is 0.203. The Morgan fingerprint density at radius 1 is 0.952 bits per heavy atom. The first-order valence-electron chi connectivity index (χ1n) is 13.8. The Kier molecular flexibility index (Phi) is 10.9. The van der Waals surface area contributed by atoms with E-state index in [1.165, 1.54) is 23.5 Å². The Labute approximate surface area is 250 Å². The number of pyridine rings is 1. The van der Waals surface area contributed by atoms with Crippen molar-refractivity contribution in [3.8, 4) is 16.5 Å². The zero-order chi connectivity index (χ0) is 28.6. The number of aromatic nitrogens is 3. The third kappa shape index (κ3) is 7.47. The summed E-state index contributed by atoms with van der Waals surface area (Å²) in [5, 5.41) is 0.604. The van der Waals surface area contributed by atoms with Crippen LogP contribution in [0, 0.1) is 5.82 Å². The number of ether oxygens (including phenoxy) is 2. The summed E-state index contributed by atoms with van der Waals surface area (Å²) in [6.07, 6.45) is 4.23. The first-order chi connectivity index (χ1) is 20.1. The van der Waals surface area contributed by atoms with E-state index in [0.717, 1.165) is 41.2 Å². The molecule has 1 saturated heterocycles. The Morgan fingerprint density at radius 3 is 2.40 bits per heavy atom. The van der Waals surface area contributed by atoms with Crippen molar-refractivity contribution >= 4 is 17.0 Å². The lowest BCUT2D eigenvalue weighted by atomic mass is 10.1. The minimum absolute atomic E-state index is 0. The lowest BCUT2D eigenvalue weighted by Gasteiger charge is -2.26. The van der Waals surface area contributed by atoms with Crippen molar-refractivity contribution in [2.45, 2.75) is 40.8 Å². The van der Waals surface area contributed by atoms with Crippen molar-refractivity contribution in [3.05, 3.63) is 117 Å². The summed E-state index contributed by atoms with van der Waals surface area (Å²) in [7, 11) is 0. The molecule has 4 heterocycles. The van der Waals surface area contributed by atoms with Gasteiger partial charge in [0.2, 0.25) is 5.75 Å². The predicted molar refractivity (Wildman–Crippen MR) is 167 cm³/mol. The highest BCUT2D eigenvalue weighted by atomic mass is 32.1. The lowest BCUT2D eigenvalue weighted by Crippen LogP contribution is -2.35. The zero-order valence-electron chi connectivity index (χ0n) is 23.3. The van der Waals surface area contributed by atoms with Gasteiger partial charge in [-0.15, -0.1) is 11.3 Å². The third-order valence-corrected chi connectivity index (χ3v) is 7.63. The highest BCUT2D eigenvalue weighted by Crippen LogP contribution is 2.31. The molecular weight excluding hydrogens is 551 g/mol. The molecule has 0 aliphatic carbocycles. The van der Waals surface area contributed by atoms with Crippen molar-refractivity contribution in [3.63, 3.8) is 0 Å². The predicted octanol–water partition coefficient (Wildman–Crippen LogP) is 6.62. The molecule has 1 aliphatic heterocycles. The number of morpholine rings is 1. The molecule has 1 aliphatic rings. The van der Waals surface area contributed by atoms with Gasteiger partial charge >= 0.3 is 5.56 Å². The van der Waals surface area contributed by atoms with E-state index in [9.17, 15) is 9.18 Å². The summed E-state index contributed by atoms with van der Waals surface area (Å²) in [5.74, 6) is -0.0968.